The van der Waals surface area contributed by atoms with Crippen LogP contribution in [0, 0.1) is 13.8 Å². The maximum atomic E-state index is 12.5. The molecule has 0 fully saturated rings. The summed E-state index contributed by atoms with van der Waals surface area (Å²) in [6.07, 6.45) is 1.94. The maximum Gasteiger partial charge on any atom is 0.251 e. The van der Waals surface area contributed by atoms with Crippen LogP contribution in [-0.4, -0.2) is 33.7 Å². The molecule has 0 aromatic heterocycles. The van der Waals surface area contributed by atoms with E-state index in [4.69, 9.17) is 4.74 Å². The number of aryl methyl sites for hydroxylation is 3. The third-order valence-electron chi connectivity index (χ3n) is 5.72. The Morgan fingerprint density at radius 2 is 1.68 bits per heavy atom. The molecule has 0 heterocycles. The van der Waals surface area contributed by atoms with Crippen molar-refractivity contribution in [1.82, 2.24) is 5.32 Å². The number of rotatable bonds is 10. The second-order valence-corrected chi connectivity index (χ2v) is 10.2. The molecule has 7 heteroatoms. The Balaban J connectivity index is 1.59. The van der Waals surface area contributed by atoms with Gasteiger partial charge in [0.1, 0.15) is 12.4 Å². The van der Waals surface area contributed by atoms with E-state index in [0.29, 0.717) is 24.4 Å². The van der Waals surface area contributed by atoms with Gasteiger partial charge in [0, 0.05) is 5.56 Å². The smallest absolute Gasteiger partial charge is 0.251 e. The van der Waals surface area contributed by atoms with Gasteiger partial charge in [-0.2, -0.15) is 0 Å². The minimum atomic E-state index is -3.48. The molecule has 0 atom stereocenters. The lowest BCUT2D eigenvalue weighted by Crippen LogP contribution is -2.30. The van der Waals surface area contributed by atoms with Crippen molar-refractivity contribution in [3.8, 4) is 5.75 Å². The fourth-order valence-electron chi connectivity index (χ4n) is 3.60. The van der Waals surface area contributed by atoms with Gasteiger partial charge >= 0.3 is 0 Å². The van der Waals surface area contributed by atoms with Crippen molar-refractivity contribution >= 4 is 21.6 Å². The number of benzene rings is 3. The minimum absolute atomic E-state index is 0.196. The topological polar surface area (TPSA) is 75.7 Å². The zero-order valence-electron chi connectivity index (χ0n) is 20.2. The first-order chi connectivity index (χ1) is 16.2. The number of hydrogen-bond acceptors (Lipinski definition) is 4. The van der Waals surface area contributed by atoms with E-state index in [1.54, 1.807) is 24.3 Å². The third kappa shape index (κ3) is 6.60. The molecule has 0 spiro atoms. The van der Waals surface area contributed by atoms with Crippen molar-refractivity contribution in [2.45, 2.75) is 33.7 Å². The van der Waals surface area contributed by atoms with E-state index in [1.807, 2.05) is 63.2 Å². The van der Waals surface area contributed by atoms with E-state index in [1.165, 1.54) is 16.1 Å². The summed E-state index contributed by atoms with van der Waals surface area (Å²) in [5.41, 5.74) is 5.32. The number of anilines is 1. The van der Waals surface area contributed by atoms with Gasteiger partial charge in [0.15, 0.2) is 0 Å². The van der Waals surface area contributed by atoms with Crippen molar-refractivity contribution in [3.63, 3.8) is 0 Å². The van der Waals surface area contributed by atoms with E-state index in [0.717, 1.165) is 28.9 Å². The molecule has 3 rings (SSSR count). The van der Waals surface area contributed by atoms with Crippen molar-refractivity contribution in [2.75, 3.05) is 23.7 Å². The summed E-state index contributed by atoms with van der Waals surface area (Å²) in [6, 6.07) is 20.4. The second-order valence-electron chi connectivity index (χ2n) is 8.30. The molecule has 0 aliphatic carbocycles. The molecule has 1 N–H and O–H groups in total. The summed E-state index contributed by atoms with van der Waals surface area (Å²) < 4.78 is 32.1. The van der Waals surface area contributed by atoms with Gasteiger partial charge in [0.2, 0.25) is 10.0 Å². The normalized spacial score (nSPS) is 11.2. The highest BCUT2D eigenvalue weighted by molar-refractivity contribution is 7.92. The predicted octanol–water partition coefficient (Wildman–Crippen LogP) is 4.64. The van der Waals surface area contributed by atoms with Gasteiger partial charge in [-0.3, -0.25) is 9.10 Å². The van der Waals surface area contributed by atoms with Crippen LogP contribution in [0.4, 0.5) is 5.69 Å². The summed E-state index contributed by atoms with van der Waals surface area (Å²) >= 11 is 0. The fourth-order valence-corrected chi connectivity index (χ4v) is 4.52. The number of carbonyl (C=O) groups is 1. The van der Waals surface area contributed by atoms with Gasteiger partial charge in [-0.1, -0.05) is 43.3 Å². The Morgan fingerprint density at radius 3 is 2.32 bits per heavy atom. The number of ether oxygens (including phenoxy) is 1. The Morgan fingerprint density at radius 1 is 0.971 bits per heavy atom. The summed E-state index contributed by atoms with van der Waals surface area (Å²) in [5.74, 6) is 0.577. The molecule has 0 bridgehead atoms. The molecular formula is C27H32N2O4S. The van der Waals surface area contributed by atoms with Gasteiger partial charge in [-0.05, 0) is 72.9 Å². The number of sulfonamides is 1. The lowest BCUT2D eigenvalue weighted by atomic mass is 10.1. The number of nitrogens with zero attached hydrogens (tertiary/aromatic N) is 1. The van der Waals surface area contributed by atoms with Crippen LogP contribution in [0.3, 0.4) is 0 Å². The zero-order valence-corrected chi connectivity index (χ0v) is 21.0. The molecule has 0 aliphatic rings. The van der Waals surface area contributed by atoms with E-state index in [-0.39, 0.29) is 12.5 Å². The lowest BCUT2D eigenvalue weighted by Gasteiger charge is -2.25. The Bertz CT molecular complexity index is 1240. The van der Waals surface area contributed by atoms with Gasteiger partial charge in [-0.15, -0.1) is 0 Å². The highest BCUT2D eigenvalue weighted by Gasteiger charge is 2.20. The standard InChI is InChI=1S/C27H32N2O4S/c1-5-23-8-6-7-9-26(23)29(34(4,31)32)19-22-11-13-24(14-12-22)27(30)28-16-17-33-25-15-10-20(2)21(3)18-25/h6-15,18H,5,16-17,19H2,1-4H3,(H,28,30). The van der Waals surface area contributed by atoms with Crippen LogP contribution >= 0.6 is 0 Å². The van der Waals surface area contributed by atoms with E-state index in [9.17, 15) is 13.2 Å². The van der Waals surface area contributed by atoms with Crippen LogP contribution < -0.4 is 14.4 Å². The number of carbonyl (C=O) groups excluding carboxylic acids is 1. The molecule has 0 aliphatic heterocycles. The summed E-state index contributed by atoms with van der Waals surface area (Å²) in [6.45, 7) is 7.02. The molecule has 180 valence electrons. The molecular weight excluding hydrogens is 448 g/mol. The van der Waals surface area contributed by atoms with Crippen LogP contribution in [0.15, 0.2) is 66.7 Å². The molecule has 1 amide bonds. The number of nitrogens with one attached hydrogen (secondary N) is 1. The zero-order chi connectivity index (χ0) is 24.7. The average molecular weight is 481 g/mol. The first kappa shape index (κ1) is 25.3. The predicted molar refractivity (Wildman–Crippen MR) is 137 cm³/mol. The number of amides is 1. The highest BCUT2D eigenvalue weighted by atomic mass is 32.2. The van der Waals surface area contributed by atoms with Crippen molar-refractivity contribution in [2.24, 2.45) is 0 Å². The van der Waals surface area contributed by atoms with Crippen molar-refractivity contribution < 1.29 is 17.9 Å². The Kier molecular flexibility index (Phi) is 8.34. The van der Waals surface area contributed by atoms with Crippen LogP contribution in [0.2, 0.25) is 0 Å². The average Bonchev–Trinajstić information content (AvgIpc) is 2.82. The highest BCUT2D eigenvalue weighted by Crippen LogP contribution is 2.25. The van der Waals surface area contributed by atoms with Crippen molar-refractivity contribution in [1.29, 1.82) is 0 Å². The first-order valence-corrected chi connectivity index (χ1v) is 13.2. The van der Waals surface area contributed by atoms with Crippen LogP contribution in [0.1, 0.15) is 39.5 Å². The van der Waals surface area contributed by atoms with E-state index < -0.39 is 10.0 Å². The van der Waals surface area contributed by atoms with E-state index in [2.05, 4.69) is 5.32 Å². The minimum Gasteiger partial charge on any atom is -0.492 e. The lowest BCUT2D eigenvalue weighted by molar-refractivity contribution is 0.0947. The molecule has 34 heavy (non-hydrogen) atoms. The van der Waals surface area contributed by atoms with Gasteiger partial charge in [0.25, 0.3) is 5.91 Å². The fraction of sp³-hybridized carbons (Fsp3) is 0.296. The summed E-state index contributed by atoms with van der Waals surface area (Å²) in [7, 11) is -3.48. The Labute approximate surface area is 202 Å². The molecule has 0 radical (unpaired) electrons. The summed E-state index contributed by atoms with van der Waals surface area (Å²) in [5, 5.41) is 2.85. The monoisotopic (exact) mass is 480 g/mol. The van der Waals surface area contributed by atoms with Gasteiger partial charge in [-0.25, -0.2) is 8.42 Å². The molecule has 3 aromatic rings. The molecule has 0 saturated heterocycles. The maximum absolute atomic E-state index is 12.5. The molecule has 0 saturated carbocycles. The molecule has 6 nitrogen and oxygen atoms in total. The van der Waals surface area contributed by atoms with Crippen LogP contribution in [0.5, 0.6) is 5.75 Å². The van der Waals surface area contributed by atoms with Crippen LogP contribution in [0.25, 0.3) is 0 Å². The number of hydrogen-bond donors (Lipinski definition) is 1. The van der Waals surface area contributed by atoms with Gasteiger partial charge in [0.05, 0.1) is 25.0 Å². The van der Waals surface area contributed by atoms with Crippen molar-refractivity contribution in [3.05, 3.63) is 94.5 Å². The second kappa shape index (κ2) is 11.2. The largest absolute Gasteiger partial charge is 0.492 e. The molecule has 3 aromatic carbocycles. The first-order valence-electron chi connectivity index (χ1n) is 11.3. The Hall–Kier alpha value is -3.32. The SMILES string of the molecule is CCc1ccccc1N(Cc1ccc(C(=O)NCCOc2ccc(C)c(C)c2)cc1)S(C)(=O)=O. The molecule has 0 unspecified atom stereocenters. The quantitative estimate of drug-likeness (QED) is 0.429. The number of para-hydroxylation sites is 1. The van der Waals surface area contributed by atoms with Gasteiger partial charge < -0.3 is 10.1 Å². The van der Waals surface area contributed by atoms with Crippen LogP contribution in [-0.2, 0) is 23.0 Å². The summed E-state index contributed by atoms with van der Waals surface area (Å²) in [4.78, 5) is 12.5. The van der Waals surface area contributed by atoms with E-state index >= 15 is 0 Å². The third-order valence-corrected chi connectivity index (χ3v) is 6.85.